The van der Waals surface area contributed by atoms with Crippen LogP contribution in [-0.2, 0) is 0 Å². The van der Waals surface area contributed by atoms with Gasteiger partial charge in [-0.15, -0.1) is 11.8 Å². The first-order valence-corrected chi connectivity index (χ1v) is 10.5. The fraction of sp³-hybridized carbons (Fsp3) is 0.300. The number of fused-ring (bicyclic) bond motifs is 1. The summed E-state index contributed by atoms with van der Waals surface area (Å²) in [5.74, 6) is 0.00702. The molecule has 136 valence electrons. The molecule has 6 heteroatoms. The van der Waals surface area contributed by atoms with Crippen LogP contribution in [0.5, 0.6) is 0 Å². The summed E-state index contributed by atoms with van der Waals surface area (Å²) in [5, 5.41) is 0.758. The van der Waals surface area contributed by atoms with Crippen molar-refractivity contribution in [3.05, 3.63) is 53.6 Å². The summed E-state index contributed by atoms with van der Waals surface area (Å²) in [5.41, 5.74) is 2.87. The molecule has 3 aromatic rings. The summed E-state index contributed by atoms with van der Waals surface area (Å²) < 4.78 is 1.11. The number of anilines is 1. The number of thioether (sulfide) groups is 1. The quantitative estimate of drug-likeness (QED) is 0.584. The van der Waals surface area contributed by atoms with Crippen LogP contribution >= 0.6 is 23.1 Å². The van der Waals surface area contributed by atoms with Crippen LogP contribution in [-0.4, -0.2) is 49.2 Å². The van der Waals surface area contributed by atoms with Crippen LogP contribution in [0.25, 0.3) is 10.2 Å². The van der Waals surface area contributed by atoms with Crippen LogP contribution in [0.15, 0.2) is 47.4 Å². The number of benzene rings is 2. The molecule has 0 unspecified atom stereocenters. The molecule has 0 fully saturated rings. The SMILES string of the molecule is CSc1ccccc1C(=O)N(CCN(C)C)c1nc2ccc(C)cc2s1. The van der Waals surface area contributed by atoms with Crippen molar-refractivity contribution in [2.45, 2.75) is 11.8 Å². The number of thiazole rings is 1. The second-order valence-electron chi connectivity index (χ2n) is 6.43. The van der Waals surface area contributed by atoms with E-state index in [1.165, 1.54) is 5.56 Å². The highest BCUT2D eigenvalue weighted by Gasteiger charge is 2.23. The van der Waals surface area contributed by atoms with Gasteiger partial charge in [0, 0.05) is 18.0 Å². The number of carbonyl (C=O) groups is 1. The Balaban J connectivity index is 2.01. The highest BCUT2D eigenvalue weighted by Crippen LogP contribution is 2.31. The zero-order valence-corrected chi connectivity index (χ0v) is 17.2. The normalized spacial score (nSPS) is 11.3. The predicted molar refractivity (Wildman–Crippen MR) is 113 cm³/mol. The van der Waals surface area contributed by atoms with Crippen LogP contribution < -0.4 is 4.90 Å². The van der Waals surface area contributed by atoms with Gasteiger partial charge in [0.15, 0.2) is 5.13 Å². The third-order valence-electron chi connectivity index (χ3n) is 4.12. The lowest BCUT2D eigenvalue weighted by Crippen LogP contribution is -2.37. The van der Waals surface area contributed by atoms with E-state index in [2.05, 4.69) is 24.0 Å². The van der Waals surface area contributed by atoms with Gasteiger partial charge in [-0.05, 0) is 57.1 Å². The first kappa shape index (κ1) is 18.9. The standard InChI is InChI=1S/C20H23N3OS2/c1-14-9-10-16-18(13-14)26-20(21-16)23(12-11-22(2)3)19(24)15-7-5-6-8-17(15)25-4/h5-10,13H,11-12H2,1-4H3. The molecule has 0 N–H and O–H groups in total. The van der Waals surface area contributed by atoms with Crippen molar-refractivity contribution in [1.82, 2.24) is 9.88 Å². The Kier molecular flexibility index (Phi) is 5.96. The fourth-order valence-corrected chi connectivity index (χ4v) is 4.36. The van der Waals surface area contributed by atoms with E-state index in [1.807, 2.05) is 55.6 Å². The summed E-state index contributed by atoms with van der Waals surface area (Å²) in [6.45, 7) is 3.46. The highest BCUT2D eigenvalue weighted by atomic mass is 32.2. The van der Waals surface area contributed by atoms with Gasteiger partial charge in [0.2, 0.25) is 0 Å². The van der Waals surface area contributed by atoms with Crippen molar-refractivity contribution in [2.24, 2.45) is 0 Å². The lowest BCUT2D eigenvalue weighted by atomic mass is 10.2. The first-order chi connectivity index (χ1) is 12.5. The van der Waals surface area contributed by atoms with Gasteiger partial charge >= 0.3 is 0 Å². The Morgan fingerprint density at radius 2 is 1.92 bits per heavy atom. The average Bonchev–Trinajstić information content (AvgIpc) is 3.04. The number of carbonyl (C=O) groups excluding carboxylic acids is 1. The predicted octanol–water partition coefficient (Wildman–Crippen LogP) is 4.54. The van der Waals surface area contributed by atoms with E-state index in [9.17, 15) is 4.79 Å². The van der Waals surface area contributed by atoms with Crippen LogP contribution in [0.2, 0.25) is 0 Å². The molecular formula is C20H23N3OS2. The third-order valence-corrected chi connectivity index (χ3v) is 5.95. The summed E-state index contributed by atoms with van der Waals surface area (Å²) in [6.07, 6.45) is 2.00. The lowest BCUT2D eigenvalue weighted by Gasteiger charge is -2.22. The summed E-state index contributed by atoms with van der Waals surface area (Å²) in [7, 11) is 4.03. The maximum Gasteiger partial charge on any atom is 0.261 e. The van der Waals surface area contributed by atoms with Gasteiger partial charge in [0.25, 0.3) is 5.91 Å². The van der Waals surface area contributed by atoms with Crippen molar-refractivity contribution in [3.8, 4) is 0 Å². The Morgan fingerprint density at radius 3 is 2.65 bits per heavy atom. The molecule has 0 aliphatic heterocycles. The largest absolute Gasteiger partial charge is 0.308 e. The number of hydrogen-bond donors (Lipinski definition) is 0. The van der Waals surface area contributed by atoms with Crippen LogP contribution in [0.4, 0.5) is 5.13 Å². The molecular weight excluding hydrogens is 362 g/mol. The maximum atomic E-state index is 13.3. The summed E-state index contributed by atoms with van der Waals surface area (Å²) in [4.78, 5) is 23.0. The molecule has 1 heterocycles. The van der Waals surface area contributed by atoms with E-state index >= 15 is 0 Å². The Hall–Kier alpha value is -1.89. The van der Waals surface area contributed by atoms with Crippen LogP contribution in [0.1, 0.15) is 15.9 Å². The zero-order valence-electron chi connectivity index (χ0n) is 15.5. The Bertz CT molecular complexity index is 920. The number of hydrogen-bond acceptors (Lipinski definition) is 5. The molecule has 1 amide bonds. The fourth-order valence-electron chi connectivity index (χ4n) is 2.69. The molecule has 0 saturated carbocycles. The van der Waals surface area contributed by atoms with Gasteiger partial charge in [0.05, 0.1) is 15.8 Å². The number of likely N-dealkylation sites (N-methyl/N-ethyl adjacent to an activating group) is 1. The molecule has 0 bridgehead atoms. The molecule has 2 aromatic carbocycles. The molecule has 0 aliphatic rings. The number of rotatable bonds is 6. The second kappa shape index (κ2) is 8.20. The van der Waals surface area contributed by atoms with Gasteiger partial charge in [0.1, 0.15) is 0 Å². The Labute approximate surface area is 162 Å². The van der Waals surface area contributed by atoms with E-state index < -0.39 is 0 Å². The van der Waals surface area contributed by atoms with Gasteiger partial charge < -0.3 is 4.90 Å². The van der Waals surface area contributed by atoms with Crippen LogP contribution in [0.3, 0.4) is 0 Å². The molecule has 1 aromatic heterocycles. The van der Waals surface area contributed by atoms with Crippen molar-refractivity contribution in [2.75, 3.05) is 38.3 Å². The minimum atomic E-state index is 0.00702. The molecule has 0 saturated heterocycles. The minimum Gasteiger partial charge on any atom is -0.308 e. The maximum absolute atomic E-state index is 13.3. The molecule has 26 heavy (non-hydrogen) atoms. The summed E-state index contributed by atoms with van der Waals surface area (Å²) >= 11 is 3.17. The minimum absolute atomic E-state index is 0.00702. The topological polar surface area (TPSA) is 36.4 Å². The molecule has 3 rings (SSSR count). The van der Waals surface area contributed by atoms with E-state index in [0.717, 1.165) is 32.4 Å². The number of aromatic nitrogens is 1. The highest BCUT2D eigenvalue weighted by molar-refractivity contribution is 7.98. The van der Waals surface area contributed by atoms with Gasteiger partial charge in [-0.3, -0.25) is 9.69 Å². The van der Waals surface area contributed by atoms with Crippen molar-refractivity contribution < 1.29 is 4.79 Å². The van der Waals surface area contributed by atoms with Crippen molar-refractivity contribution in [1.29, 1.82) is 0 Å². The van der Waals surface area contributed by atoms with E-state index in [4.69, 9.17) is 4.98 Å². The molecule has 0 aliphatic carbocycles. The molecule has 0 radical (unpaired) electrons. The van der Waals surface area contributed by atoms with E-state index in [-0.39, 0.29) is 5.91 Å². The molecule has 0 atom stereocenters. The average molecular weight is 386 g/mol. The smallest absolute Gasteiger partial charge is 0.261 e. The van der Waals surface area contributed by atoms with E-state index in [0.29, 0.717) is 6.54 Å². The molecule has 0 spiro atoms. The van der Waals surface area contributed by atoms with Gasteiger partial charge in [-0.1, -0.05) is 29.5 Å². The zero-order chi connectivity index (χ0) is 18.7. The van der Waals surface area contributed by atoms with Crippen molar-refractivity contribution in [3.63, 3.8) is 0 Å². The van der Waals surface area contributed by atoms with Crippen molar-refractivity contribution >= 4 is 44.4 Å². The number of aryl methyl sites for hydroxylation is 1. The third kappa shape index (κ3) is 4.09. The second-order valence-corrected chi connectivity index (χ2v) is 8.29. The number of amides is 1. The lowest BCUT2D eigenvalue weighted by molar-refractivity contribution is 0.0982. The Morgan fingerprint density at radius 1 is 1.15 bits per heavy atom. The van der Waals surface area contributed by atoms with E-state index in [1.54, 1.807) is 23.1 Å². The van der Waals surface area contributed by atoms with Crippen LogP contribution in [0, 0.1) is 6.92 Å². The first-order valence-electron chi connectivity index (χ1n) is 8.46. The number of nitrogens with zero attached hydrogens (tertiary/aromatic N) is 3. The van der Waals surface area contributed by atoms with Gasteiger partial charge in [-0.25, -0.2) is 4.98 Å². The van der Waals surface area contributed by atoms with Gasteiger partial charge in [-0.2, -0.15) is 0 Å². The molecule has 4 nitrogen and oxygen atoms in total. The summed E-state index contributed by atoms with van der Waals surface area (Å²) in [6, 6.07) is 14.0. The monoisotopic (exact) mass is 385 g/mol.